The number of esters is 1. The van der Waals surface area contributed by atoms with Gasteiger partial charge in [0.2, 0.25) is 0 Å². The molecule has 4 rings (SSSR count). The Hall–Kier alpha value is -2.71. The Morgan fingerprint density at radius 2 is 1.96 bits per heavy atom. The van der Waals surface area contributed by atoms with Crippen molar-refractivity contribution in [3.05, 3.63) is 59.1 Å². The fourth-order valence-electron chi connectivity index (χ4n) is 2.42. The van der Waals surface area contributed by atoms with Gasteiger partial charge < -0.3 is 9.84 Å². The maximum absolute atomic E-state index is 12.2. The Morgan fingerprint density at radius 3 is 2.69 bits per heavy atom. The second-order valence-corrected chi connectivity index (χ2v) is 7.54. The van der Waals surface area contributed by atoms with Gasteiger partial charge in [-0.15, -0.1) is 23.1 Å². The van der Waals surface area contributed by atoms with Crippen LogP contribution >= 0.6 is 23.1 Å². The third kappa shape index (κ3) is 3.33. The molecule has 26 heavy (non-hydrogen) atoms. The first kappa shape index (κ1) is 16.7. The maximum atomic E-state index is 12.2. The molecule has 2 heterocycles. The van der Waals surface area contributed by atoms with Gasteiger partial charge in [0, 0.05) is 11.8 Å². The molecule has 1 aliphatic rings. The van der Waals surface area contributed by atoms with Crippen molar-refractivity contribution in [1.82, 2.24) is 4.98 Å². The van der Waals surface area contributed by atoms with Crippen LogP contribution < -0.4 is 4.74 Å². The number of thioether (sulfide) groups is 1. The average molecular weight is 384 g/mol. The van der Waals surface area contributed by atoms with Crippen molar-refractivity contribution in [3.63, 3.8) is 0 Å². The number of carbonyl (C=O) groups excluding carboxylic acids is 1. The first-order chi connectivity index (χ1) is 12.6. The standard InChI is InChI=1S/C18H12N2O4S2/c21-17(22)13-9-25-15(20-13)16-19-12-7-6-11(8-14(12)26-16)24-18(23)10-4-2-1-3-5-10/h1-8,13H,9H2,(H,21,22). The molecule has 3 aromatic rings. The van der Waals surface area contributed by atoms with Crippen molar-refractivity contribution in [1.29, 1.82) is 0 Å². The zero-order chi connectivity index (χ0) is 18.1. The molecule has 1 unspecified atom stereocenters. The van der Waals surface area contributed by atoms with Crippen LogP contribution in [0, 0.1) is 0 Å². The molecule has 1 aromatic heterocycles. The summed E-state index contributed by atoms with van der Waals surface area (Å²) in [5.41, 5.74) is 1.24. The number of nitrogens with zero attached hydrogens (tertiary/aromatic N) is 2. The van der Waals surface area contributed by atoms with Gasteiger partial charge in [-0.1, -0.05) is 18.2 Å². The number of ether oxygens (including phenoxy) is 1. The van der Waals surface area contributed by atoms with Crippen molar-refractivity contribution in [3.8, 4) is 5.75 Å². The molecule has 6 nitrogen and oxygen atoms in total. The third-order valence-electron chi connectivity index (χ3n) is 3.70. The minimum Gasteiger partial charge on any atom is -0.480 e. The Kier molecular flexibility index (Phi) is 4.44. The lowest BCUT2D eigenvalue weighted by atomic mass is 10.2. The van der Waals surface area contributed by atoms with Crippen LogP contribution in [0.4, 0.5) is 0 Å². The summed E-state index contributed by atoms with van der Waals surface area (Å²) in [6.45, 7) is 0. The number of hydrogen-bond acceptors (Lipinski definition) is 7. The molecule has 0 aliphatic carbocycles. The number of thiazole rings is 1. The number of aliphatic carboxylic acids is 1. The summed E-state index contributed by atoms with van der Waals surface area (Å²) >= 11 is 2.79. The van der Waals surface area contributed by atoms with E-state index in [0.29, 0.717) is 27.1 Å². The van der Waals surface area contributed by atoms with E-state index in [1.165, 1.54) is 23.1 Å². The molecule has 0 radical (unpaired) electrons. The summed E-state index contributed by atoms with van der Waals surface area (Å²) in [5.74, 6) is -0.495. The van der Waals surface area contributed by atoms with Crippen molar-refractivity contribution < 1.29 is 19.4 Å². The lowest BCUT2D eigenvalue weighted by molar-refractivity contribution is -0.137. The van der Waals surface area contributed by atoms with Crippen LogP contribution in [0.3, 0.4) is 0 Å². The zero-order valence-corrected chi connectivity index (χ0v) is 14.9. The summed E-state index contributed by atoms with van der Waals surface area (Å²) in [6, 6.07) is 13.3. The van der Waals surface area contributed by atoms with E-state index >= 15 is 0 Å². The summed E-state index contributed by atoms with van der Waals surface area (Å²) < 4.78 is 6.27. The lowest BCUT2D eigenvalue weighted by Crippen LogP contribution is -2.17. The fourth-order valence-corrected chi connectivity index (χ4v) is 4.51. The number of fused-ring (bicyclic) bond motifs is 1. The van der Waals surface area contributed by atoms with Gasteiger partial charge in [0.25, 0.3) is 0 Å². The number of carboxylic acids is 1. The van der Waals surface area contributed by atoms with Gasteiger partial charge in [0.15, 0.2) is 6.04 Å². The molecular formula is C18H12N2O4S2. The highest BCUT2D eigenvalue weighted by Gasteiger charge is 2.26. The van der Waals surface area contributed by atoms with Gasteiger partial charge in [0.05, 0.1) is 15.8 Å². The normalized spacial score (nSPS) is 16.5. The van der Waals surface area contributed by atoms with Crippen molar-refractivity contribution in [2.24, 2.45) is 4.99 Å². The topological polar surface area (TPSA) is 88.9 Å². The number of aliphatic imine (C=N–C) groups is 1. The van der Waals surface area contributed by atoms with Crippen LogP contribution in [0.15, 0.2) is 53.5 Å². The summed E-state index contributed by atoms with van der Waals surface area (Å²) in [6.07, 6.45) is 0. The SMILES string of the molecule is O=C(Oc1ccc2nc(C3=NC(C(=O)O)CS3)sc2c1)c1ccccc1. The predicted octanol–water partition coefficient (Wildman–Crippen LogP) is 3.46. The number of rotatable bonds is 4. The van der Waals surface area contributed by atoms with E-state index in [4.69, 9.17) is 9.84 Å². The quantitative estimate of drug-likeness (QED) is 0.547. The Labute approximate surface area is 156 Å². The number of hydrogen-bond donors (Lipinski definition) is 1. The number of carboxylic acid groups (broad SMARTS) is 1. The largest absolute Gasteiger partial charge is 0.480 e. The number of aromatic nitrogens is 1. The van der Waals surface area contributed by atoms with E-state index < -0.39 is 18.0 Å². The zero-order valence-electron chi connectivity index (χ0n) is 13.3. The van der Waals surface area contributed by atoms with Crippen molar-refractivity contribution >= 4 is 50.3 Å². The summed E-state index contributed by atoms with van der Waals surface area (Å²) in [4.78, 5) is 31.9. The Morgan fingerprint density at radius 1 is 1.15 bits per heavy atom. The highest BCUT2D eigenvalue weighted by atomic mass is 32.2. The van der Waals surface area contributed by atoms with E-state index in [0.717, 1.165) is 10.2 Å². The minimum absolute atomic E-state index is 0.417. The minimum atomic E-state index is -0.927. The average Bonchev–Trinajstić information content (AvgIpc) is 3.29. The van der Waals surface area contributed by atoms with E-state index in [-0.39, 0.29) is 0 Å². The highest BCUT2D eigenvalue weighted by molar-refractivity contribution is 8.15. The van der Waals surface area contributed by atoms with E-state index in [1.807, 2.05) is 6.07 Å². The van der Waals surface area contributed by atoms with Gasteiger partial charge in [-0.25, -0.2) is 14.6 Å². The molecule has 0 saturated carbocycles. The molecule has 0 amide bonds. The molecule has 130 valence electrons. The van der Waals surface area contributed by atoms with Crippen LogP contribution in [-0.4, -0.2) is 38.9 Å². The molecule has 1 aliphatic heterocycles. The third-order valence-corrected chi connectivity index (χ3v) is 5.91. The van der Waals surface area contributed by atoms with Gasteiger partial charge in [0.1, 0.15) is 15.8 Å². The Bertz CT molecular complexity index is 1030. The van der Waals surface area contributed by atoms with Gasteiger partial charge in [-0.3, -0.25) is 4.99 Å². The Balaban J connectivity index is 1.58. The molecule has 8 heteroatoms. The predicted molar refractivity (Wildman–Crippen MR) is 101 cm³/mol. The molecule has 0 fully saturated rings. The first-order valence-corrected chi connectivity index (χ1v) is 9.52. The second-order valence-electron chi connectivity index (χ2n) is 5.50. The summed E-state index contributed by atoms with van der Waals surface area (Å²) in [7, 11) is 0. The molecule has 2 aromatic carbocycles. The van der Waals surface area contributed by atoms with E-state index in [2.05, 4.69) is 9.98 Å². The smallest absolute Gasteiger partial charge is 0.343 e. The first-order valence-electron chi connectivity index (χ1n) is 7.72. The highest BCUT2D eigenvalue weighted by Crippen LogP contribution is 2.31. The fraction of sp³-hybridized carbons (Fsp3) is 0.111. The second kappa shape index (κ2) is 6.89. The van der Waals surface area contributed by atoms with Gasteiger partial charge in [-0.2, -0.15) is 0 Å². The molecule has 1 N–H and O–H groups in total. The van der Waals surface area contributed by atoms with Crippen molar-refractivity contribution in [2.75, 3.05) is 5.75 Å². The molecule has 1 atom stereocenters. The lowest BCUT2D eigenvalue weighted by Gasteiger charge is -2.03. The number of carbonyl (C=O) groups is 2. The van der Waals surface area contributed by atoms with Crippen LogP contribution in [0.2, 0.25) is 0 Å². The van der Waals surface area contributed by atoms with Crippen LogP contribution in [0.5, 0.6) is 5.75 Å². The van der Waals surface area contributed by atoms with Gasteiger partial charge in [-0.05, 0) is 24.3 Å². The van der Waals surface area contributed by atoms with E-state index in [1.54, 1.807) is 42.5 Å². The maximum Gasteiger partial charge on any atom is 0.343 e. The molecule has 0 bridgehead atoms. The van der Waals surface area contributed by atoms with Crippen LogP contribution in [0.25, 0.3) is 10.2 Å². The molecule has 0 saturated heterocycles. The van der Waals surface area contributed by atoms with Gasteiger partial charge >= 0.3 is 11.9 Å². The van der Waals surface area contributed by atoms with Crippen LogP contribution in [0.1, 0.15) is 15.4 Å². The molecular weight excluding hydrogens is 372 g/mol. The summed E-state index contributed by atoms with van der Waals surface area (Å²) in [5, 5.41) is 10.4. The van der Waals surface area contributed by atoms with E-state index in [9.17, 15) is 9.59 Å². The van der Waals surface area contributed by atoms with Crippen LogP contribution in [-0.2, 0) is 4.79 Å². The molecule has 0 spiro atoms. The number of benzene rings is 2. The monoisotopic (exact) mass is 384 g/mol. The van der Waals surface area contributed by atoms with Crippen molar-refractivity contribution in [2.45, 2.75) is 6.04 Å².